The molecule has 4 heteroatoms. The van der Waals surface area contributed by atoms with E-state index in [1.54, 1.807) is 0 Å². The summed E-state index contributed by atoms with van der Waals surface area (Å²) in [6.07, 6.45) is 3.63. The Morgan fingerprint density at radius 3 is 2.28 bits per heavy atom. The van der Waals surface area contributed by atoms with Gasteiger partial charge in [0.05, 0.1) is 17.6 Å². The Morgan fingerprint density at radius 2 is 1.83 bits per heavy atom. The normalized spacial score (nSPS) is 31.7. The van der Waals surface area contributed by atoms with Gasteiger partial charge in [0.25, 0.3) is 0 Å². The van der Waals surface area contributed by atoms with Crippen molar-refractivity contribution in [3.05, 3.63) is 0 Å². The lowest BCUT2D eigenvalue weighted by atomic mass is 9.78. The van der Waals surface area contributed by atoms with Crippen LogP contribution in [0.3, 0.4) is 0 Å². The third-order valence-electron chi connectivity index (χ3n) is 4.81. The molecule has 1 saturated carbocycles. The maximum Gasteiger partial charge on any atom is 0.235 e. The molecule has 1 atom stereocenters. The average molecular weight is 253 g/mol. The summed E-state index contributed by atoms with van der Waals surface area (Å²) in [6, 6.07) is 0. The SMILES string of the molecule is CC(C)C1(C)CC(=O)N(CC2(O)CCCC2)C1=O. The summed E-state index contributed by atoms with van der Waals surface area (Å²) in [5, 5.41) is 10.3. The van der Waals surface area contributed by atoms with E-state index in [1.165, 1.54) is 4.90 Å². The lowest BCUT2D eigenvalue weighted by molar-refractivity contribution is -0.146. The van der Waals surface area contributed by atoms with Gasteiger partial charge in [-0.3, -0.25) is 14.5 Å². The number of amides is 2. The minimum Gasteiger partial charge on any atom is -0.388 e. The summed E-state index contributed by atoms with van der Waals surface area (Å²) in [5.74, 6) is -0.100. The smallest absolute Gasteiger partial charge is 0.235 e. The van der Waals surface area contributed by atoms with Crippen molar-refractivity contribution < 1.29 is 14.7 Å². The number of β-amino-alcohol motifs (C(OH)–C–C–N with tert-alkyl or cyclic N) is 1. The van der Waals surface area contributed by atoms with Crippen LogP contribution in [0.15, 0.2) is 0 Å². The highest BCUT2D eigenvalue weighted by Gasteiger charge is 2.51. The molecule has 2 fully saturated rings. The van der Waals surface area contributed by atoms with E-state index >= 15 is 0 Å². The molecule has 1 N–H and O–H groups in total. The number of nitrogens with zero attached hydrogens (tertiary/aromatic N) is 1. The fraction of sp³-hybridized carbons (Fsp3) is 0.857. The number of rotatable bonds is 3. The molecule has 4 nitrogen and oxygen atoms in total. The molecule has 0 aromatic heterocycles. The van der Waals surface area contributed by atoms with E-state index in [1.807, 2.05) is 20.8 Å². The number of likely N-dealkylation sites (tertiary alicyclic amines) is 1. The first-order valence-electron chi connectivity index (χ1n) is 6.86. The fourth-order valence-corrected chi connectivity index (χ4v) is 3.00. The van der Waals surface area contributed by atoms with Crippen LogP contribution in [0.4, 0.5) is 0 Å². The zero-order valence-electron chi connectivity index (χ0n) is 11.5. The van der Waals surface area contributed by atoms with Crippen LogP contribution in [0.5, 0.6) is 0 Å². The summed E-state index contributed by atoms with van der Waals surface area (Å²) < 4.78 is 0. The molecule has 0 radical (unpaired) electrons. The molecular formula is C14H23NO3. The summed E-state index contributed by atoms with van der Waals surface area (Å²) in [6.45, 7) is 5.99. The summed E-state index contributed by atoms with van der Waals surface area (Å²) in [5.41, 5.74) is -1.43. The van der Waals surface area contributed by atoms with E-state index in [-0.39, 0.29) is 30.7 Å². The van der Waals surface area contributed by atoms with Crippen LogP contribution < -0.4 is 0 Å². The predicted octanol–water partition coefficient (Wildman–Crippen LogP) is 1.71. The standard InChI is InChI=1S/C14H23NO3/c1-10(2)13(3)8-11(16)15(12(13)17)9-14(18)6-4-5-7-14/h10,18H,4-9H2,1-3H3. The molecular weight excluding hydrogens is 230 g/mol. The molecule has 102 valence electrons. The molecule has 0 bridgehead atoms. The van der Waals surface area contributed by atoms with Crippen LogP contribution in [-0.2, 0) is 9.59 Å². The predicted molar refractivity (Wildman–Crippen MR) is 67.7 cm³/mol. The van der Waals surface area contributed by atoms with Crippen molar-refractivity contribution in [1.29, 1.82) is 0 Å². The van der Waals surface area contributed by atoms with Crippen molar-refractivity contribution in [1.82, 2.24) is 4.90 Å². The Morgan fingerprint density at radius 1 is 1.28 bits per heavy atom. The van der Waals surface area contributed by atoms with Gasteiger partial charge >= 0.3 is 0 Å². The number of carbonyl (C=O) groups is 2. The highest BCUT2D eigenvalue weighted by Crippen LogP contribution is 2.41. The highest BCUT2D eigenvalue weighted by molar-refractivity contribution is 6.05. The van der Waals surface area contributed by atoms with Crippen LogP contribution >= 0.6 is 0 Å². The van der Waals surface area contributed by atoms with Crippen LogP contribution in [0.25, 0.3) is 0 Å². The van der Waals surface area contributed by atoms with Gasteiger partial charge in [-0.2, -0.15) is 0 Å². The Labute approximate surface area is 108 Å². The molecule has 1 saturated heterocycles. The third kappa shape index (κ3) is 2.07. The molecule has 2 aliphatic rings. The van der Waals surface area contributed by atoms with Crippen molar-refractivity contribution in [3.63, 3.8) is 0 Å². The van der Waals surface area contributed by atoms with Crippen molar-refractivity contribution in [2.24, 2.45) is 11.3 Å². The molecule has 2 rings (SSSR count). The van der Waals surface area contributed by atoms with Gasteiger partial charge in [0.2, 0.25) is 11.8 Å². The summed E-state index contributed by atoms with van der Waals surface area (Å²) in [4.78, 5) is 25.7. The number of hydrogen-bond donors (Lipinski definition) is 1. The summed E-state index contributed by atoms with van der Waals surface area (Å²) >= 11 is 0. The third-order valence-corrected chi connectivity index (χ3v) is 4.81. The number of hydrogen-bond acceptors (Lipinski definition) is 3. The van der Waals surface area contributed by atoms with Gasteiger partial charge < -0.3 is 5.11 Å². The van der Waals surface area contributed by atoms with Gasteiger partial charge in [0.15, 0.2) is 0 Å². The molecule has 2 amide bonds. The number of carbonyl (C=O) groups excluding carboxylic acids is 2. The average Bonchev–Trinajstić information content (AvgIpc) is 2.79. The van der Waals surface area contributed by atoms with Gasteiger partial charge in [-0.15, -0.1) is 0 Å². The lowest BCUT2D eigenvalue weighted by Crippen LogP contribution is -2.46. The van der Waals surface area contributed by atoms with Gasteiger partial charge in [-0.05, 0) is 25.7 Å². The fourth-order valence-electron chi connectivity index (χ4n) is 3.00. The zero-order valence-corrected chi connectivity index (χ0v) is 11.5. The molecule has 18 heavy (non-hydrogen) atoms. The topological polar surface area (TPSA) is 57.6 Å². The Kier molecular flexibility index (Phi) is 3.26. The van der Waals surface area contributed by atoms with E-state index in [0.29, 0.717) is 12.8 Å². The van der Waals surface area contributed by atoms with E-state index in [9.17, 15) is 14.7 Å². The molecule has 1 unspecified atom stereocenters. The molecule has 1 heterocycles. The second kappa shape index (κ2) is 4.34. The second-order valence-electron chi connectivity index (χ2n) is 6.47. The largest absolute Gasteiger partial charge is 0.388 e. The van der Waals surface area contributed by atoms with Crippen LogP contribution in [0, 0.1) is 11.3 Å². The van der Waals surface area contributed by atoms with Crippen molar-refractivity contribution in [3.8, 4) is 0 Å². The highest BCUT2D eigenvalue weighted by atomic mass is 16.3. The molecule has 1 aliphatic heterocycles. The van der Waals surface area contributed by atoms with E-state index < -0.39 is 11.0 Å². The molecule has 1 aliphatic carbocycles. The van der Waals surface area contributed by atoms with Crippen LogP contribution in [0.1, 0.15) is 52.9 Å². The van der Waals surface area contributed by atoms with Gasteiger partial charge in [-0.25, -0.2) is 0 Å². The maximum atomic E-state index is 12.4. The second-order valence-corrected chi connectivity index (χ2v) is 6.47. The maximum absolute atomic E-state index is 12.4. The van der Waals surface area contributed by atoms with Gasteiger partial charge in [0, 0.05) is 6.42 Å². The van der Waals surface area contributed by atoms with Crippen LogP contribution in [-0.4, -0.2) is 34.0 Å². The van der Waals surface area contributed by atoms with Crippen LogP contribution in [0.2, 0.25) is 0 Å². The van der Waals surface area contributed by atoms with Crippen molar-refractivity contribution in [2.75, 3.05) is 6.54 Å². The van der Waals surface area contributed by atoms with E-state index in [2.05, 4.69) is 0 Å². The van der Waals surface area contributed by atoms with E-state index in [0.717, 1.165) is 12.8 Å². The monoisotopic (exact) mass is 253 g/mol. The zero-order chi connectivity index (χ0) is 13.6. The Balaban J connectivity index is 2.15. The minimum atomic E-state index is -0.840. The molecule has 0 aromatic carbocycles. The lowest BCUT2D eigenvalue weighted by Gasteiger charge is -2.30. The number of aliphatic hydroxyl groups is 1. The Bertz CT molecular complexity index is 371. The quantitative estimate of drug-likeness (QED) is 0.779. The Hall–Kier alpha value is -0.900. The first-order valence-corrected chi connectivity index (χ1v) is 6.86. The molecule has 0 spiro atoms. The van der Waals surface area contributed by atoms with E-state index in [4.69, 9.17) is 0 Å². The summed E-state index contributed by atoms with van der Waals surface area (Å²) in [7, 11) is 0. The number of imide groups is 1. The minimum absolute atomic E-state index is 0.108. The molecule has 0 aromatic rings. The van der Waals surface area contributed by atoms with Crippen molar-refractivity contribution in [2.45, 2.75) is 58.5 Å². The first kappa shape index (κ1) is 13.5. The van der Waals surface area contributed by atoms with Gasteiger partial charge in [0.1, 0.15) is 0 Å². The first-order chi connectivity index (χ1) is 8.28. The van der Waals surface area contributed by atoms with Gasteiger partial charge in [-0.1, -0.05) is 26.7 Å². The van der Waals surface area contributed by atoms with Crippen molar-refractivity contribution >= 4 is 11.8 Å².